The van der Waals surface area contributed by atoms with Gasteiger partial charge >= 0.3 is 0 Å². The number of guanidine groups is 1. The summed E-state index contributed by atoms with van der Waals surface area (Å²) >= 11 is 0. The Hall–Kier alpha value is -2.04. The topological polar surface area (TPSA) is 56.7 Å². The van der Waals surface area contributed by atoms with E-state index in [1.807, 2.05) is 4.90 Å². The van der Waals surface area contributed by atoms with E-state index >= 15 is 0 Å². The van der Waals surface area contributed by atoms with Gasteiger partial charge in [-0.25, -0.2) is 0 Å². The Morgan fingerprint density at radius 2 is 1.84 bits per heavy atom. The Balaban J connectivity index is 1.64. The third-order valence-electron chi connectivity index (χ3n) is 4.64. The van der Waals surface area contributed by atoms with Gasteiger partial charge in [-0.05, 0) is 30.4 Å². The summed E-state index contributed by atoms with van der Waals surface area (Å²) in [6.07, 6.45) is 5.99. The van der Waals surface area contributed by atoms with Crippen LogP contribution in [-0.4, -0.2) is 43.4 Å². The zero-order valence-corrected chi connectivity index (χ0v) is 15.7. The van der Waals surface area contributed by atoms with Gasteiger partial charge < -0.3 is 15.5 Å². The second kappa shape index (κ2) is 10.7. The van der Waals surface area contributed by atoms with E-state index in [1.165, 1.54) is 24.0 Å². The van der Waals surface area contributed by atoms with Crippen LogP contribution < -0.4 is 10.6 Å². The maximum Gasteiger partial charge on any atom is 0.222 e. The average Bonchev–Trinajstić information content (AvgIpc) is 2.66. The van der Waals surface area contributed by atoms with Crippen LogP contribution in [0.1, 0.15) is 50.2 Å². The zero-order valence-electron chi connectivity index (χ0n) is 15.7. The highest BCUT2D eigenvalue weighted by molar-refractivity contribution is 5.80. The lowest BCUT2D eigenvalue weighted by molar-refractivity contribution is -0.132. The molecule has 0 bridgehead atoms. The maximum atomic E-state index is 12.4. The fraction of sp³-hybridized carbons (Fsp3) is 0.600. The van der Waals surface area contributed by atoms with E-state index in [0.29, 0.717) is 6.42 Å². The largest absolute Gasteiger partial charge is 0.356 e. The van der Waals surface area contributed by atoms with Crippen molar-refractivity contribution in [2.75, 3.05) is 26.7 Å². The van der Waals surface area contributed by atoms with Crippen LogP contribution in [0.25, 0.3) is 0 Å². The van der Waals surface area contributed by atoms with Crippen LogP contribution in [0.2, 0.25) is 0 Å². The molecular formula is C20H32N4O. The molecule has 0 radical (unpaired) electrons. The van der Waals surface area contributed by atoms with E-state index in [0.717, 1.165) is 51.4 Å². The number of unbranched alkanes of at least 4 members (excludes halogenated alkanes) is 2. The number of carbonyl (C=O) groups excluding carboxylic acids is 1. The molecule has 0 aromatic heterocycles. The van der Waals surface area contributed by atoms with Gasteiger partial charge in [0, 0.05) is 39.6 Å². The number of hydrogen-bond acceptors (Lipinski definition) is 2. The SMILES string of the molecule is CCCCCNC(=NC)NCCCC(=O)N1CCc2ccccc2C1. The molecule has 138 valence electrons. The minimum absolute atomic E-state index is 0.252. The molecule has 0 saturated carbocycles. The predicted molar refractivity (Wildman–Crippen MR) is 104 cm³/mol. The van der Waals surface area contributed by atoms with Crippen molar-refractivity contribution < 1.29 is 4.79 Å². The summed E-state index contributed by atoms with van der Waals surface area (Å²) in [5, 5.41) is 6.60. The van der Waals surface area contributed by atoms with E-state index in [-0.39, 0.29) is 5.91 Å². The Kier molecular flexibility index (Phi) is 8.29. The molecule has 0 spiro atoms. The highest BCUT2D eigenvalue weighted by Gasteiger charge is 2.19. The minimum atomic E-state index is 0.252. The van der Waals surface area contributed by atoms with Crippen LogP contribution in [0.3, 0.4) is 0 Å². The average molecular weight is 345 g/mol. The fourth-order valence-electron chi connectivity index (χ4n) is 3.12. The Labute approximate surface area is 151 Å². The van der Waals surface area contributed by atoms with Gasteiger partial charge in [0.25, 0.3) is 0 Å². The lowest BCUT2D eigenvalue weighted by Crippen LogP contribution is -2.39. The first kappa shape index (κ1) is 19.3. The molecule has 25 heavy (non-hydrogen) atoms. The smallest absolute Gasteiger partial charge is 0.222 e. The van der Waals surface area contributed by atoms with Crippen molar-refractivity contribution in [1.29, 1.82) is 0 Å². The molecule has 1 heterocycles. The highest BCUT2D eigenvalue weighted by Crippen LogP contribution is 2.19. The third kappa shape index (κ3) is 6.40. The van der Waals surface area contributed by atoms with E-state index < -0.39 is 0 Å². The molecule has 1 aliphatic rings. The Morgan fingerprint density at radius 1 is 1.12 bits per heavy atom. The predicted octanol–water partition coefficient (Wildman–Crippen LogP) is 2.71. The first-order chi connectivity index (χ1) is 12.2. The van der Waals surface area contributed by atoms with Gasteiger partial charge in [0.15, 0.2) is 5.96 Å². The monoisotopic (exact) mass is 344 g/mol. The lowest BCUT2D eigenvalue weighted by atomic mass is 9.99. The normalized spacial score (nSPS) is 14.2. The molecule has 0 atom stereocenters. The summed E-state index contributed by atoms with van der Waals surface area (Å²) in [4.78, 5) is 18.6. The van der Waals surface area contributed by atoms with Crippen LogP contribution in [-0.2, 0) is 17.8 Å². The number of amides is 1. The van der Waals surface area contributed by atoms with Crippen molar-refractivity contribution in [3.05, 3.63) is 35.4 Å². The van der Waals surface area contributed by atoms with Gasteiger partial charge in [-0.2, -0.15) is 0 Å². The molecule has 2 rings (SSSR count). The lowest BCUT2D eigenvalue weighted by Gasteiger charge is -2.29. The second-order valence-electron chi connectivity index (χ2n) is 6.57. The van der Waals surface area contributed by atoms with Crippen molar-refractivity contribution in [3.8, 4) is 0 Å². The zero-order chi connectivity index (χ0) is 17.9. The molecule has 1 amide bonds. The molecule has 5 heteroatoms. The van der Waals surface area contributed by atoms with E-state index in [2.05, 4.69) is 46.8 Å². The quantitative estimate of drug-likeness (QED) is 0.433. The summed E-state index contributed by atoms with van der Waals surface area (Å²) in [6.45, 7) is 5.50. The molecular weight excluding hydrogens is 312 g/mol. The fourth-order valence-corrected chi connectivity index (χ4v) is 3.12. The van der Waals surface area contributed by atoms with Gasteiger partial charge in [-0.15, -0.1) is 0 Å². The molecule has 1 aliphatic heterocycles. The van der Waals surface area contributed by atoms with Gasteiger partial charge in [0.05, 0.1) is 0 Å². The second-order valence-corrected chi connectivity index (χ2v) is 6.57. The Bertz CT molecular complexity index is 571. The van der Waals surface area contributed by atoms with Crippen LogP contribution in [0.4, 0.5) is 0 Å². The van der Waals surface area contributed by atoms with Crippen molar-refractivity contribution >= 4 is 11.9 Å². The number of carbonyl (C=O) groups is 1. The summed E-state index contributed by atoms with van der Waals surface area (Å²) in [6, 6.07) is 8.42. The molecule has 0 saturated heterocycles. The molecule has 1 aromatic rings. The van der Waals surface area contributed by atoms with Crippen molar-refractivity contribution in [3.63, 3.8) is 0 Å². The molecule has 0 fully saturated rings. The van der Waals surface area contributed by atoms with Crippen LogP contribution in [0.15, 0.2) is 29.3 Å². The molecule has 5 nitrogen and oxygen atoms in total. The van der Waals surface area contributed by atoms with Gasteiger partial charge in [0.2, 0.25) is 5.91 Å². The third-order valence-corrected chi connectivity index (χ3v) is 4.64. The number of rotatable bonds is 8. The number of aliphatic imine (C=N–C) groups is 1. The highest BCUT2D eigenvalue weighted by atomic mass is 16.2. The van der Waals surface area contributed by atoms with Crippen molar-refractivity contribution in [1.82, 2.24) is 15.5 Å². The van der Waals surface area contributed by atoms with Gasteiger partial charge in [-0.3, -0.25) is 9.79 Å². The summed E-state index contributed by atoms with van der Waals surface area (Å²) in [5.41, 5.74) is 2.67. The van der Waals surface area contributed by atoms with E-state index in [1.54, 1.807) is 7.05 Å². The van der Waals surface area contributed by atoms with Crippen molar-refractivity contribution in [2.45, 2.75) is 52.0 Å². The number of hydrogen-bond donors (Lipinski definition) is 2. The summed E-state index contributed by atoms with van der Waals surface area (Å²) < 4.78 is 0. The standard InChI is InChI=1S/C20H32N4O/c1-3-4-7-13-22-20(21-2)23-14-8-11-19(25)24-15-12-17-9-5-6-10-18(17)16-24/h5-6,9-10H,3-4,7-8,11-16H2,1-2H3,(H2,21,22,23). The van der Waals surface area contributed by atoms with E-state index in [9.17, 15) is 4.79 Å². The number of fused-ring (bicyclic) bond motifs is 1. The number of benzene rings is 1. The molecule has 0 unspecified atom stereocenters. The minimum Gasteiger partial charge on any atom is -0.356 e. The first-order valence-electron chi connectivity index (χ1n) is 9.53. The molecule has 0 aliphatic carbocycles. The molecule has 2 N–H and O–H groups in total. The Morgan fingerprint density at radius 3 is 2.56 bits per heavy atom. The summed E-state index contributed by atoms with van der Waals surface area (Å²) in [7, 11) is 1.78. The van der Waals surface area contributed by atoms with Crippen LogP contribution >= 0.6 is 0 Å². The first-order valence-corrected chi connectivity index (χ1v) is 9.53. The van der Waals surface area contributed by atoms with Crippen LogP contribution in [0, 0.1) is 0 Å². The van der Waals surface area contributed by atoms with Gasteiger partial charge in [0.1, 0.15) is 0 Å². The van der Waals surface area contributed by atoms with Gasteiger partial charge in [-0.1, -0.05) is 44.0 Å². The number of nitrogens with zero attached hydrogens (tertiary/aromatic N) is 2. The number of nitrogens with one attached hydrogen (secondary N) is 2. The van der Waals surface area contributed by atoms with E-state index in [4.69, 9.17) is 0 Å². The van der Waals surface area contributed by atoms with Crippen molar-refractivity contribution in [2.24, 2.45) is 4.99 Å². The van der Waals surface area contributed by atoms with Crippen LogP contribution in [0.5, 0.6) is 0 Å². The molecule has 1 aromatic carbocycles. The summed E-state index contributed by atoms with van der Waals surface area (Å²) in [5.74, 6) is 1.08. The maximum absolute atomic E-state index is 12.4.